The van der Waals surface area contributed by atoms with Gasteiger partial charge in [0.25, 0.3) is 0 Å². The standard InChI is InChI=1S/C33H51NO8/c1-7-8-9-26(36)19-33(39)20-32(16-17-32)31(38)29(42-33)14-11-21(2)10-13-28-22(3)18-27(24(5)41-28)34-30(37)15-12-23(4)40-25(6)35/h10-12,14-15,22-24,27-29,31,38-39H,7-9,13,16-20H2,1-6H3,(H,34,37)/b14-11+,15-12-,21-10+/t22-,23-,24+,27+,28-,29+,31+,33+/m0/s1. The van der Waals surface area contributed by atoms with Crippen molar-refractivity contribution < 1.29 is 38.8 Å². The maximum absolute atomic E-state index is 12.4. The van der Waals surface area contributed by atoms with Crippen molar-refractivity contribution in [1.29, 1.82) is 0 Å². The Bertz CT molecular complexity index is 1050. The van der Waals surface area contributed by atoms with Crippen LogP contribution in [0.2, 0.25) is 0 Å². The molecule has 3 rings (SSSR count). The molecule has 0 aromatic heterocycles. The normalized spacial score (nSPS) is 33.6. The molecule has 9 heteroatoms. The zero-order valence-corrected chi connectivity index (χ0v) is 26.1. The second-order valence-corrected chi connectivity index (χ2v) is 12.8. The molecule has 8 atom stereocenters. The maximum atomic E-state index is 12.4. The molecule has 1 aliphatic carbocycles. The predicted octanol–water partition coefficient (Wildman–Crippen LogP) is 4.45. The predicted molar refractivity (Wildman–Crippen MR) is 159 cm³/mol. The Balaban J connectivity index is 1.53. The van der Waals surface area contributed by atoms with E-state index in [0.717, 1.165) is 37.7 Å². The number of aliphatic hydroxyl groups is 2. The van der Waals surface area contributed by atoms with Crippen molar-refractivity contribution in [2.75, 3.05) is 0 Å². The summed E-state index contributed by atoms with van der Waals surface area (Å²) in [6.45, 7) is 11.1. The molecule has 3 N–H and O–H groups in total. The summed E-state index contributed by atoms with van der Waals surface area (Å²) >= 11 is 0. The fourth-order valence-electron chi connectivity index (χ4n) is 6.10. The molecule has 0 radical (unpaired) electrons. The van der Waals surface area contributed by atoms with E-state index in [9.17, 15) is 24.6 Å². The van der Waals surface area contributed by atoms with E-state index in [2.05, 4.69) is 18.3 Å². The second-order valence-electron chi connectivity index (χ2n) is 12.8. The van der Waals surface area contributed by atoms with Crippen molar-refractivity contribution in [2.24, 2.45) is 11.3 Å². The average molecular weight is 590 g/mol. The lowest BCUT2D eigenvalue weighted by molar-refractivity contribution is -0.285. The highest BCUT2D eigenvalue weighted by atomic mass is 16.6. The molecule has 2 aliphatic heterocycles. The summed E-state index contributed by atoms with van der Waals surface area (Å²) in [4.78, 5) is 35.8. The highest BCUT2D eigenvalue weighted by molar-refractivity contribution is 5.87. The van der Waals surface area contributed by atoms with Crippen LogP contribution in [-0.4, -0.2) is 70.2 Å². The molecular weight excluding hydrogens is 538 g/mol. The third-order valence-electron chi connectivity index (χ3n) is 8.73. The van der Waals surface area contributed by atoms with E-state index in [-0.39, 0.29) is 47.7 Å². The van der Waals surface area contributed by atoms with Gasteiger partial charge in [-0.1, -0.05) is 44.1 Å². The summed E-state index contributed by atoms with van der Waals surface area (Å²) in [6.07, 6.45) is 12.2. The highest BCUT2D eigenvalue weighted by Gasteiger charge is 2.60. The van der Waals surface area contributed by atoms with Crippen LogP contribution in [-0.2, 0) is 28.6 Å². The second kappa shape index (κ2) is 14.9. The molecule has 1 amide bonds. The molecule has 0 unspecified atom stereocenters. The number of rotatable bonds is 13. The molecule has 2 saturated heterocycles. The smallest absolute Gasteiger partial charge is 0.303 e. The molecule has 9 nitrogen and oxygen atoms in total. The lowest BCUT2D eigenvalue weighted by Gasteiger charge is -2.44. The maximum Gasteiger partial charge on any atom is 0.303 e. The van der Waals surface area contributed by atoms with Crippen LogP contribution in [0.25, 0.3) is 0 Å². The third kappa shape index (κ3) is 9.86. The Morgan fingerprint density at radius 3 is 2.52 bits per heavy atom. The van der Waals surface area contributed by atoms with Crippen molar-refractivity contribution in [3.63, 3.8) is 0 Å². The lowest BCUT2D eigenvalue weighted by Crippen LogP contribution is -2.53. The Kier molecular flexibility index (Phi) is 12.1. The minimum atomic E-state index is -1.54. The third-order valence-corrected chi connectivity index (χ3v) is 8.73. The van der Waals surface area contributed by atoms with Crippen LogP contribution >= 0.6 is 0 Å². The first-order valence-electron chi connectivity index (χ1n) is 15.5. The fraction of sp³-hybridized carbons (Fsp3) is 0.727. The van der Waals surface area contributed by atoms with Crippen LogP contribution in [0.3, 0.4) is 0 Å². The molecule has 1 saturated carbocycles. The highest BCUT2D eigenvalue weighted by Crippen LogP contribution is 2.59. The van der Waals surface area contributed by atoms with Crippen molar-refractivity contribution in [2.45, 2.75) is 142 Å². The quantitative estimate of drug-likeness (QED) is 0.163. The van der Waals surface area contributed by atoms with Crippen LogP contribution < -0.4 is 5.32 Å². The van der Waals surface area contributed by atoms with E-state index in [1.54, 1.807) is 19.1 Å². The average Bonchev–Trinajstić information content (AvgIpc) is 3.67. The van der Waals surface area contributed by atoms with E-state index in [4.69, 9.17) is 14.2 Å². The first-order chi connectivity index (χ1) is 19.8. The number of ether oxygens (including phenoxy) is 3. The molecule has 0 aromatic carbocycles. The molecule has 0 bridgehead atoms. The monoisotopic (exact) mass is 589 g/mol. The Morgan fingerprint density at radius 2 is 1.88 bits per heavy atom. The van der Waals surface area contributed by atoms with Gasteiger partial charge in [-0.05, 0) is 64.9 Å². The summed E-state index contributed by atoms with van der Waals surface area (Å²) in [5.41, 5.74) is 0.601. The molecule has 3 fully saturated rings. The van der Waals surface area contributed by atoms with Gasteiger partial charge < -0.3 is 29.7 Å². The van der Waals surface area contributed by atoms with Crippen LogP contribution in [0.5, 0.6) is 0 Å². The van der Waals surface area contributed by atoms with Crippen molar-refractivity contribution in [1.82, 2.24) is 5.32 Å². The number of hydrogen-bond donors (Lipinski definition) is 3. The zero-order valence-electron chi connectivity index (χ0n) is 26.1. The summed E-state index contributed by atoms with van der Waals surface area (Å²) < 4.78 is 17.2. The first kappa shape index (κ1) is 34.2. The van der Waals surface area contributed by atoms with Crippen molar-refractivity contribution in [3.05, 3.63) is 36.0 Å². The van der Waals surface area contributed by atoms with Gasteiger partial charge in [0.15, 0.2) is 5.79 Å². The van der Waals surface area contributed by atoms with E-state index in [0.29, 0.717) is 19.3 Å². The SMILES string of the molecule is CCCCC(=O)C[C@]1(O)CC2(CC2)[C@H](O)[C@@H](/C=C/C(C)=C/C[C@@H]2O[C@H](C)[C@H](NC(=O)/C=C\[C@H](C)OC(C)=O)C[C@@H]2C)O1. The summed E-state index contributed by atoms with van der Waals surface area (Å²) in [6, 6.07) is -0.130. The van der Waals surface area contributed by atoms with Gasteiger partial charge in [-0.25, -0.2) is 0 Å². The number of hydrogen-bond acceptors (Lipinski definition) is 8. The van der Waals surface area contributed by atoms with Crippen LogP contribution in [0.4, 0.5) is 0 Å². The van der Waals surface area contributed by atoms with Gasteiger partial charge in [-0.3, -0.25) is 14.4 Å². The van der Waals surface area contributed by atoms with Gasteiger partial charge >= 0.3 is 5.97 Å². The fourth-order valence-corrected chi connectivity index (χ4v) is 6.10. The number of aliphatic hydroxyl groups excluding tert-OH is 1. The molecule has 1 spiro atoms. The molecule has 3 aliphatic rings. The van der Waals surface area contributed by atoms with Gasteiger partial charge in [0, 0.05) is 31.3 Å². The molecule has 0 aromatic rings. The van der Waals surface area contributed by atoms with E-state index in [1.165, 1.54) is 13.0 Å². The lowest BCUT2D eigenvalue weighted by atomic mass is 9.81. The number of amides is 1. The number of carbonyl (C=O) groups is 3. The minimum Gasteiger partial charge on any atom is -0.459 e. The largest absolute Gasteiger partial charge is 0.459 e. The van der Waals surface area contributed by atoms with Crippen LogP contribution in [0.15, 0.2) is 36.0 Å². The van der Waals surface area contributed by atoms with Gasteiger partial charge in [0.1, 0.15) is 18.0 Å². The summed E-state index contributed by atoms with van der Waals surface area (Å²) in [5.74, 6) is -1.99. The zero-order chi connectivity index (χ0) is 31.1. The van der Waals surface area contributed by atoms with Gasteiger partial charge in [0.05, 0.1) is 30.8 Å². The van der Waals surface area contributed by atoms with E-state index >= 15 is 0 Å². The number of ketones is 1. The number of Topliss-reactive ketones (excluding diaryl/α,β-unsaturated/α-hetero) is 1. The Morgan fingerprint density at radius 1 is 1.17 bits per heavy atom. The molecule has 236 valence electrons. The summed E-state index contributed by atoms with van der Waals surface area (Å²) in [5, 5.41) is 25.2. The van der Waals surface area contributed by atoms with Crippen molar-refractivity contribution >= 4 is 17.7 Å². The number of carbonyl (C=O) groups excluding carboxylic acids is 3. The molecular formula is C33H51NO8. The van der Waals surface area contributed by atoms with Gasteiger partial charge in [-0.15, -0.1) is 0 Å². The Labute approximate surface area is 250 Å². The topological polar surface area (TPSA) is 131 Å². The van der Waals surface area contributed by atoms with Gasteiger partial charge in [0.2, 0.25) is 5.91 Å². The minimum absolute atomic E-state index is 0.00620. The number of esters is 1. The molecule has 2 heterocycles. The van der Waals surface area contributed by atoms with Crippen LogP contribution in [0.1, 0.15) is 99.3 Å². The van der Waals surface area contributed by atoms with Crippen molar-refractivity contribution in [3.8, 4) is 0 Å². The summed E-state index contributed by atoms with van der Waals surface area (Å²) in [7, 11) is 0. The van der Waals surface area contributed by atoms with Gasteiger partial charge in [-0.2, -0.15) is 0 Å². The van der Waals surface area contributed by atoms with Crippen LogP contribution in [0, 0.1) is 11.3 Å². The number of allylic oxidation sites excluding steroid dienone is 2. The Hall–Kier alpha value is -2.33. The van der Waals surface area contributed by atoms with E-state index in [1.807, 2.05) is 26.8 Å². The van der Waals surface area contributed by atoms with E-state index < -0.39 is 30.1 Å². The first-order valence-corrected chi connectivity index (χ1v) is 15.5. The molecule has 42 heavy (non-hydrogen) atoms. The number of nitrogens with one attached hydrogen (secondary N) is 1. The number of unbranched alkanes of at least 4 members (excludes halogenated alkanes) is 1.